The van der Waals surface area contributed by atoms with Crippen LogP contribution in [-0.4, -0.2) is 20.7 Å². The Morgan fingerprint density at radius 1 is 1.47 bits per heavy atom. The van der Waals surface area contributed by atoms with Crippen molar-refractivity contribution in [2.45, 2.75) is 30.9 Å². The molecule has 1 saturated carbocycles. The quantitative estimate of drug-likeness (QED) is 0.791. The molecule has 1 N–H and O–H groups in total. The minimum absolute atomic E-state index is 0.408. The minimum Gasteiger partial charge on any atom is -0.389 e. The Labute approximate surface area is 96.3 Å². The first-order valence-electron chi connectivity index (χ1n) is 4.56. The molecule has 1 fully saturated rings. The zero-order valence-corrected chi connectivity index (χ0v) is 9.82. The molecule has 5 heteroatoms. The summed E-state index contributed by atoms with van der Waals surface area (Å²) in [5, 5.41) is 9.69. The highest BCUT2D eigenvalue weighted by Crippen LogP contribution is 2.49. The predicted molar refractivity (Wildman–Crippen MR) is 57.9 cm³/mol. The van der Waals surface area contributed by atoms with Crippen LogP contribution in [0.5, 0.6) is 0 Å². The number of hydrogen-bond donors (Lipinski definition) is 1. The zero-order valence-electron chi connectivity index (χ0n) is 8.24. The fraction of sp³-hybridized carbons (Fsp3) is 0.500. The molecule has 0 bridgehead atoms. The minimum atomic E-state index is -0.749. The number of nitrogens with zero attached hydrogens (tertiary/aromatic N) is 3. The molecule has 0 unspecified atom stereocenters. The molecule has 15 heavy (non-hydrogen) atoms. The molecule has 1 aromatic heterocycles. The highest BCUT2D eigenvalue weighted by atomic mass is 79.9. The van der Waals surface area contributed by atoms with Crippen molar-refractivity contribution in [2.75, 3.05) is 0 Å². The Bertz CT molecular complexity index is 413. The van der Waals surface area contributed by atoms with Crippen LogP contribution < -0.4 is 0 Å². The van der Waals surface area contributed by atoms with Crippen LogP contribution in [-0.2, 0) is 5.54 Å². The summed E-state index contributed by atoms with van der Waals surface area (Å²) < 4.78 is 0.789. The molecule has 0 atom stereocenters. The van der Waals surface area contributed by atoms with Gasteiger partial charge in [0.25, 0.3) is 5.54 Å². The highest BCUT2D eigenvalue weighted by molar-refractivity contribution is 9.10. The molecule has 78 valence electrons. The summed E-state index contributed by atoms with van der Waals surface area (Å²) in [5.41, 5.74) is -1.47. The van der Waals surface area contributed by atoms with Crippen molar-refractivity contribution < 1.29 is 5.11 Å². The van der Waals surface area contributed by atoms with Crippen LogP contribution in [0.3, 0.4) is 0 Å². The lowest BCUT2D eigenvalue weighted by atomic mass is 9.66. The Morgan fingerprint density at radius 2 is 2.00 bits per heavy atom. The van der Waals surface area contributed by atoms with Gasteiger partial charge in [-0.25, -0.2) is 16.5 Å². The van der Waals surface area contributed by atoms with Gasteiger partial charge in [-0.15, -0.1) is 0 Å². The number of hydrogen-bond acceptors (Lipinski definition) is 3. The van der Waals surface area contributed by atoms with Gasteiger partial charge in [0.15, 0.2) is 0 Å². The van der Waals surface area contributed by atoms with Gasteiger partial charge in [0.1, 0.15) is 0 Å². The van der Waals surface area contributed by atoms with Crippen molar-refractivity contribution in [1.29, 1.82) is 0 Å². The van der Waals surface area contributed by atoms with E-state index in [2.05, 4.69) is 30.7 Å². The van der Waals surface area contributed by atoms with Crippen LogP contribution in [0.15, 0.2) is 16.9 Å². The summed E-state index contributed by atoms with van der Waals surface area (Å²) in [5.74, 6) is 0.507. The SMILES string of the molecule is [C-]#[N+]C1(c2ncc(Br)cn2)CC(C)(O)C1. The molecule has 0 radical (unpaired) electrons. The topological polar surface area (TPSA) is 50.4 Å². The lowest BCUT2D eigenvalue weighted by Gasteiger charge is -2.41. The van der Waals surface area contributed by atoms with Gasteiger partial charge in [0.05, 0.1) is 22.9 Å². The maximum absolute atomic E-state index is 9.69. The van der Waals surface area contributed by atoms with Crippen LogP contribution in [0.2, 0.25) is 0 Å². The summed E-state index contributed by atoms with van der Waals surface area (Å²) in [6.07, 6.45) is 4.07. The van der Waals surface area contributed by atoms with Crippen LogP contribution >= 0.6 is 15.9 Å². The van der Waals surface area contributed by atoms with Crippen molar-refractivity contribution in [3.05, 3.63) is 34.1 Å². The Balaban J connectivity index is 2.31. The van der Waals surface area contributed by atoms with Gasteiger partial charge in [-0.2, -0.15) is 0 Å². The van der Waals surface area contributed by atoms with Gasteiger partial charge in [-0.3, -0.25) is 0 Å². The standard InChI is InChI=1S/C10H10BrN3O/c1-9(15)5-10(6-9,12-2)8-13-3-7(11)4-14-8/h3-4,15H,5-6H2,1H3. The molecule has 0 amide bonds. The van der Waals surface area contributed by atoms with E-state index in [1.807, 2.05) is 0 Å². The molecule has 0 aromatic carbocycles. The first-order valence-corrected chi connectivity index (χ1v) is 5.36. The van der Waals surface area contributed by atoms with E-state index in [4.69, 9.17) is 6.57 Å². The molecular weight excluding hydrogens is 258 g/mol. The third-order valence-corrected chi connectivity index (χ3v) is 3.01. The fourth-order valence-electron chi connectivity index (χ4n) is 2.05. The second kappa shape index (κ2) is 3.26. The summed E-state index contributed by atoms with van der Waals surface area (Å²) in [6.45, 7) is 8.93. The number of halogens is 1. The van der Waals surface area contributed by atoms with E-state index in [1.165, 1.54) is 0 Å². The summed E-state index contributed by atoms with van der Waals surface area (Å²) in [4.78, 5) is 11.8. The van der Waals surface area contributed by atoms with Crippen molar-refractivity contribution >= 4 is 15.9 Å². The van der Waals surface area contributed by atoms with Crippen molar-refractivity contribution in [3.63, 3.8) is 0 Å². The predicted octanol–water partition coefficient (Wildman–Crippen LogP) is 1.90. The van der Waals surface area contributed by atoms with E-state index >= 15 is 0 Å². The van der Waals surface area contributed by atoms with Crippen molar-refractivity contribution in [3.8, 4) is 0 Å². The molecule has 2 rings (SSSR count). The maximum Gasteiger partial charge on any atom is 0.296 e. The van der Waals surface area contributed by atoms with Crippen molar-refractivity contribution in [1.82, 2.24) is 9.97 Å². The molecule has 0 saturated heterocycles. The Morgan fingerprint density at radius 3 is 2.40 bits per heavy atom. The maximum atomic E-state index is 9.69. The molecule has 1 aliphatic rings. The van der Waals surface area contributed by atoms with Crippen LogP contribution in [0.25, 0.3) is 4.85 Å². The van der Waals surface area contributed by atoms with E-state index in [-0.39, 0.29) is 0 Å². The molecule has 1 aromatic rings. The first-order chi connectivity index (χ1) is 6.97. The highest BCUT2D eigenvalue weighted by Gasteiger charge is 2.60. The smallest absolute Gasteiger partial charge is 0.296 e. The van der Waals surface area contributed by atoms with Gasteiger partial charge in [-0.1, -0.05) is 0 Å². The Hall–Kier alpha value is -0.990. The summed E-state index contributed by atoms with van der Waals surface area (Å²) in [7, 11) is 0. The van der Waals surface area contributed by atoms with Gasteiger partial charge < -0.3 is 9.95 Å². The lowest BCUT2D eigenvalue weighted by molar-refractivity contribution is -0.0620. The van der Waals surface area contributed by atoms with Crippen LogP contribution in [0.1, 0.15) is 25.6 Å². The van der Waals surface area contributed by atoms with Gasteiger partial charge in [-0.05, 0) is 22.9 Å². The van der Waals surface area contributed by atoms with E-state index in [9.17, 15) is 5.11 Å². The van der Waals surface area contributed by atoms with E-state index < -0.39 is 11.1 Å². The van der Waals surface area contributed by atoms with E-state index in [0.717, 1.165) is 4.47 Å². The van der Waals surface area contributed by atoms with Gasteiger partial charge >= 0.3 is 0 Å². The monoisotopic (exact) mass is 267 g/mol. The molecule has 0 aliphatic heterocycles. The third-order valence-electron chi connectivity index (χ3n) is 2.60. The molecule has 4 nitrogen and oxygen atoms in total. The molecule has 0 spiro atoms. The molecule has 1 aliphatic carbocycles. The lowest BCUT2D eigenvalue weighted by Crippen LogP contribution is -2.51. The largest absolute Gasteiger partial charge is 0.389 e. The average molecular weight is 268 g/mol. The Kier molecular flexibility index (Phi) is 2.28. The van der Waals surface area contributed by atoms with Gasteiger partial charge in [0.2, 0.25) is 5.82 Å². The second-order valence-corrected chi connectivity index (χ2v) is 5.13. The van der Waals surface area contributed by atoms with Crippen LogP contribution in [0, 0.1) is 6.57 Å². The van der Waals surface area contributed by atoms with E-state index in [1.54, 1.807) is 19.3 Å². The zero-order chi connectivity index (χ0) is 11.1. The van der Waals surface area contributed by atoms with Crippen molar-refractivity contribution in [2.24, 2.45) is 0 Å². The number of aliphatic hydroxyl groups is 1. The molecule has 1 heterocycles. The fourth-order valence-corrected chi connectivity index (χ4v) is 2.25. The van der Waals surface area contributed by atoms with Gasteiger partial charge in [0, 0.05) is 12.4 Å². The normalized spacial score (nSPS) is 34.3. The molecular formula is C10H10BrN3O. The second-order valence-electron chi connectivity index (χ2n) is 4.22. The van der Waals surface area contributed by atoms with Crippen LogP contribution in [0.4, 0.5) is 0 Å². The number of aromatic nitrogens is 2. The third kappa shape index (κ3) is 1.75. The average Bonchev–Trinajstić information content (AvgIpc) is 2.14. The first kappa shape index (κ1) is 10.5. The van der Waals surface area contributed by atoms with E-state index in [0.29, 0.717) is 18.7 Å². The number of rotatable bonds is 1. The summed E-state index contributed by atoms with van der Waals surface area (Å²) >= 11 is 3.24. The summed E-state index contributed by atoms with van der Waals surface area (Å²) in [6, 6.07) is 0.